The quantitative estimate of drug-likeness (QED) is 0.800. The van der Waals surface area contributed by atoms with Crippen molar-refractivity contribution in [1.29, 1.82) is 0 Å². The molecule has 0 spiro atoms. The van der Waals surface area contributed by atoms with Crippen molar-refractivity contribution in [3.8, 4) is 11.3 Å². The first-order valence-electron chi connectivity index (χ1n) is 6.64. The number of hydrogen-bond donors (Lipinski definition) is 1. The summed E-state index contributed by atoms with van der Waals surface area (Å²) >= 11 is 1.60. The summed E-state index contributed by atoms with van der Waals surface area (Å²) in [6.07, 6.45) is 6.00. The van der Waals surface area contributed by atoms with Crippen molar-refractivity contribution in [2.45, 2.75) is 12.8 Å². The molecule has 3 aromatic rings. The molecule has 1 saturated carbocycles. The molecule has 1 amide bonds. The second kappa shape index (κ2) is 4.45. The Bertz CT molecular complexity index is 757. The van der Waals surface area contributed by atoms with E-state index in [9.17, 15) is 4.79 Å². The highest BCUT2D eigenvalue weighted by Crippen LogP contribution is 2.33. The monoisotopic (exact) mass is 283 g/mol. The molecule has 1 N–H and O–H groups in total. The van der Waals surface area contributed by atoms with Crippen LogP contribution in [-0.4, -0.2) is 15.3 Å². The first-order chi connectivity index (χ1) is 9.81. The molecule has 0 bridgehead atoms. The van der Waals surface area contributed by atoms with Gasteiger partial charge in [0.2, 0.25) is 5.91 Å². The molecule has 0 radical (unpaired) electrons. The zero-order valence-corrected chi connectivity index (χ0v) is 11.6. The average molecular weight is 283 g/mol. The molecule has 1 aliphatic carbocycles. The van der Waals surface area contributed by atoms with Gasteiger partial charge in [0.25, 0.3) is 0 Å². The van der Waals surface area contributed by atoms with Crippen molar-refractivity contribution >= 4 is 27.9 Å². The first-order valence-corrected chi connectivity index (χ1v) is 7.52. The number of amides is 1. The minimum atomic E-state index is 0.124. The third-order valence-corrected chi connectivity index (χ3v) is 4.27. The molecule has 4 nitrogen and oxygen atoms in total. The second-order valence-corrected chi connectivity index (χ2v) is 5.90. The summed E-state index contributed by atoms with van der Waals surface area (Å²) in [5.41, 5.74) is 2.70. The van der Waals surface area contributed by atoms with E-state index in [4.69, 9.17) is 0 Å². The first kappa shape index (κ1) is 11.7. The van der Waals surface area contributed by atoms with Gasteiger partial charge in [-0.15, -0.1) is 11.3 Å². The van der Waals surface area contributed by atoms with Crippen LogP contribution in [-0.2, 0) is 4.79 Å². The van der Waals surface area contributed by atoms with Crippen molar-refractivity contribution in [2.24, 2.45) is 5.92 Å². The molecule has 0 atom stereocenters. The van der Waals surface area contributed by atoms with E-state index in [1.54, 1.807) is 11.3 Å². The molecule has 2 heterocycles. The SMILES string of the molecule is O=C(Nc1ccccc1-c1cn2ccsc2n1)C1CC1. The van der Waals surface area contributed by atoms with Crippen LogP contribution in [0.25, 0.3) is 16.2 Å². The molecular weight excluding hydrogens is 270 g/mol. The van der Waals surface area contributed by atoms with Crippen LogP contribution in [0.15, 0.2) is 42.0 Å². The molecule has 20 heavy (non-hydrogen) atoms. The lowest BCUT2D eigenvalue weighted by molar-refractivity contribution is -0.117. The number of rotatable bonds is 3. The van der Waals surface area contributed by atoms with Crippen LogP contribution >= 0.6 is 11.3 Å². The lowest BCUT2D eigenvalue weighted by Crippen LogP contribution is -2.13. The number of anilines is 1. The smallest absolute Gasteiger partial charge is 0.227 e. The lowest BCUT2D eigenvalue weighted by atomic mass is 10.1. The normalized spacial score (nSPS) is 14.6. The summed E-state index contributed by atoms with van der Waals surface area (Å²) < 4.78 is 2.00. The number of carbonyl (C=O) groups is 1. The molecule has 0 aliphatic heterocycles. The number of benzene rings is 1. The van der Waals surface area contributed by atoms with Crippen molar-refractivity contribution < 1.29 is 4.79 Å². The number of hydrogen-bond acceptors (Lipinski definition) is 3. The maximum absolute atomic E-state index is 11.9. The second-order valence-electron chi connectivity index (χ2n) is 5.03. The third kappa shape index (κ3) is 2.00. The summed E-state index contributed by atoms with van der Waals surface area (Å²) in [5.74, 6) is 0.326. The fourth-order valence-corrected chi connectivity index (χ4v) is 2.95. The van der Waals surface area contributed by atoms with Gasteiger partial charge >= 0.3 is 0 Å². The standard InChI is InChI=1S/C15H13N3OS/c19-14(10-5-6-10)16-12-4-2-1-3-11(12)13-9-18-7-8-20-15(18)17-13/h1-4,7-10H,5-6H2,(H,16,19). The molecule has 100 valence electrons. The summed E-state index contributed by atoms with van der Waals surface area (Å²) in [6, 6.07) is 7.83. The molecule has 1 fully saturated rings. The maximum atomic E-state index is 11.9. The van der Waals surface area contributed by atoms with Gasteiger partial charge in [0.1, 0.15) is 0 Å². The van der Waals surface area contributed by atoms with E-state index < -0.39 is 0 Å². The van der Waals surface area contributed by atoms with E-state index in [1.807, 2.05) is 46.4 Å². The summed E-state index contributed by atoms with van der Waals surface area (Å²) in [4.78, 5) is 17.5. The highest BCUT2D eigenvalue weighted by atomic mass is 32.1. The van der Waals surface area contributed by atoms with Gasteiger partial charge in [-0.05, 0) is 18.9 Å². The molecule has 0 saturated heterocycles. The van der Waals surface area contributed by atoms with Gasteiger partial charge in [0.05, 0.1) is 11.4 Å². The largest absolute Gasteiger partial charge is 0.325 e. The Labute approximate surface area is 120 Å². The average Bonchev–Trinajstić information content (AvgIpc) is 3.09. The maximum Gasteiger partial charge on any atom is 0.227 e. The number of thiazole rings is 1. The number of imidazole rings is 1. The van der Waals surface area contributed by atoms with Crippen LogP contribution in [0.2, 0.25) is 0 Å². The van der Waals surface area contributed by atoms with Crippen LogP contribution in [0.5, 0.6) is 0 Å². The number of para-hydroxylation sites is 1. The van der Waals surface area contributed by atoms with Crippen molar-refractivity contribution in [3.63, 3.8) is 0 Å². The van der Waals surface area contributed by atoms with Gasteiger partial charge in [-0.1, -0.05) is 18.2 Å². The zero-order valence-electron chi connectivity index (χ0n) is 10.7. The Morgan fingerprint density at radius 3 is 3.00 bits per heavy atom. The Hall–Kier alpha value is -2.14. The third-order valence-electron chi connectivity index (χ3n) is 3.50. The van der Waals surface area contributed by atoms with E-state index in [2.05, 4.69) is 10.3 Å². The van der Waals surface area contributed by atoms with E-state index in [0.717, 1.165) is 34.7 Å². The molecule has 4 rings (SSSR count). The number of carbonyl (C=O) groups excluding carboxylic acids is 1. The number of nitrogens with one attached hydrogen (secondary N) is 1. The van der Waals surface area contributed by atoms with Gasteiger partial charge in [-0.3, -0.25) is 9.20 Å². The molecule has 0 unspecified atom stereocenters. The van der Waals surface area contributed by atoms with E-state index in [0.29, 0.717) is 0 Å². The fourth-order valence-electron chi connectivity index (χ4n) is 2.25. The summed E-state index contributed by atoms with van der Waals surface area (Å²) in [7, 11) is 0. The van der Waals surface area contributed by atoms with E-state index in [-0.39, 0.29) is 11.8 Å². The molecule has 1 aliphatic rings. The van der Waals surface area contributed by atoms with Gasteiger partial charge in [0, 0.05) is 29.3 Å². The Morgan fingerprint density at radius 2 is 2.20 bits per heavy atom. The number of nitrogens with zero attached hydrogens (tertiary/aromatic N) is 2. The van der Waals surface area contributed by atoms with Crippen LogP contribution < -0.4 is 5.32 Å². The number of aromatic nitrogens is 2. The van der Waals surface area contributed by atoms with E-state index >= 15 is 0 Å². The Kier molecular flexibility index (Phi) is 2.60. The van der Waals surface area contributed by atoms with Crippen LogP contribution in [0.4, 0.5) is 5.69 Å². The highest BCUT2D eigenvalue weighted by Gasteiger charge is 2.30. The molecular formula is C15H13N3OS. The fraction of sp³-hybridized carbons (Fsp3) is 0.200. The predicted molar refractivity (Wildman–Crippen MR) is 79.9 cm³/mol. The lowest BCUT2D eigenvalue weighted by Gasteiger charge is -2.08. The molecule has 2 aromatic heterocycles. The summed E-state index contributed by atoms with van der Waals surface area (Å²) in [6.45, 7) is 0. The minimum Gasteiger partial charge on any atom is -0.325 e. The summed E-state index contributed by atoms with van der Waals surface area (Å²) in [5, 5.41) is 5.03. The topological polar surface area (TPSA) is 46.4 Å². The predicted octanol–water partition coefficient (Wildman–Crippen LogP) is 3.41. The minimum absolute atomic E-state index is 0.124. The van der Waals surface area contributed by atoms with Gasteiger partial charge < -0.3 is 5.32 Å². The molecule has 5 heteroatoms. The Morgan fingerprint density at radius 1 is 1.35 bits per heavy atom. The van der Waals surface area contributed by atoms with Crippen LogP contribution in [0.3, 0.4) is 0 Å². The van der Waals surface area contributed by atoms with Crippen molar-refractivity contribution in [2.75, 3.05) is 5.32 Å². The Balaban J connectivity index is 1.73. The van der Waals surface area contributed by atoms with Gasteiger partial charge in [-0.25, -0.2) is 4.98 Å². The van der Waals surface area contributed by atoms with Gasteiger partial charge in [0.15, 0.2) is 4.96 Å². The zero-order chi connectivity index (χ0) is 13.5. The van der Waals surface area contributed by atoms with Crippen LogP contribution in [0, 0.1) is 5.92 Å². The van der Waals surface area contributed by atoms with Crippen molar-refractivity contribution in [3.05, 3.63) is 42.0 Å². The number of fused-ring (bicyclic) bond motifs is 1. The molecule has 1 aromatic carbocycles. The van der Waals surface area contributed by atoms with Crippen molar-refractivity contribution in [1.82, 2.24) is 9.38 Å². The highest BCUT2D eigenvalue weighted by molar-refractivity contribution is 7.15. The van der Waals surface area contributed by atoms with Crippen LogP contribution in [0.1, 0.15) is 12.8 Å². The van der Waals surface area contributed by atoms with E-state index in [1.165, 1.54) is 0 Å². The van der Waals surface area contributed by atoms with Gasteiger partial charge in [-0.2, -0.15) is 0 Å².